The molecule has 1 saturated carbocycles. The largest absolute Gasteiger partial charge is 0.367 e. The number of hydrogen-bond donors (Lipinski definition) is 0. The first-order chi connectivity index (χ1) is 8.07. The molecule has 0 radical (unpaired) electrons. The van der Waals surface area contributed by atoms with E-state index in [-0.39, 0.29) is 29.0 Å². The first-order valence-electron chi connectivity index (χ1n) is 6.58. The lowest BCUT2D eigenvalue weighted by molar-refractivity contribution is -0.151. The molecule has 2 saturated heterocycles. The zero-order chi connectivity index (χ0) is 11.8. The van der Waals surface area contributed by atoms with E-state index >= 15 is 0 Å². The number of epoxide rings is 1. The van der Waals surface area contributed by atoms with Gasteiger partial charge in [-0.1, -0.05) is 6.92 Å². The van der Waals surface area contributed by atoms with E-state index < -0.39 is 0 Å². The number of ketones is 1. The summed E-state index contributed by atoms with van der Waals surface area (Å²) in [7, 11) is 0. The van der Waals surface area contributed by atoms with Gasteiger partial charge < -0.3 is 9.47 Å². The van der Waals surface area contributed by atoms with Crippen LogP contribution in [0.1, 0.15) is 33.1 Å². The first-order valence-corrected chi connectivity index (χ1v) is 6.58. The van der Waals surface area contributed by atoms with Gasteiger partial charge in [0.15, 0.2) is 5.78 Å². The second-order valence-electron chi connectivity index (χ2n) is 6.31. The van der Waals surface area contributed by atoms with Crippen LogP contribution in [0.4, 0.5) is 0 Å². The van der Waals surface area contributed by atoms with Gasteiger partial charge in [-0.15, -0.1) is 0 Å². The van der Waals surface area contributed by atoms with Crippen molar-refractivity contribution in [3.05, 3.63) is 11.6 Å². The smallest absolute Gasteiger partial charge is 0.158 e. The summed E-state index contributed by atoms with van der Waals surface area (Å²) < 4.78 is 12.0. The number of allylic oxidation sites excluding steroid dienone is 1. The summed E-state index contributed by atoms with van der Waals surface area (Å²) in [5, 5.41) is 0. The zero-order valence-electron chi connectivity index (χ0n) is 10.4. The van der Waals surface area contributed by atoms with E-state index in [0.29, 0.717) is 12.3 Å². The van der Waals surface area contributed by atoms with Gasteiger partial charge in [0, 0.05) is 17.8 Å². The summed E-state index contributed by atoms with van der Waals surface area (Å²) in [4.78, 5) is 11.9. The van der Waals surface area contributed by atoms with E-state index in [2.05, 4.69) is 6.92 Å². The second-order valence-corrected chi connectivity index (χ2v) is 6.31. The van der Waals surface area contributed by atoms with Crippen LogP contribution in [0, 0.1) is 11.3 Å². The Morgan fingerprint density at radius 2 is 2.24 bits per heavy atom. The molecule has 0 N–H and O–H groups in total. The molecule has 0 aromatic heterocycles. The fourth-order valence-electron chi connectivity index (χ4n) is 4.36. The Hall–Kier alpha value is -0.670. The van der Waals surface area contributed by atoms with Gasteiger partial charge in [0.05, 0.1) is 18.8 Å². The number of fused-ring (bicyclic) bond motifs is 2. The first kappa shape index (κ1) is 10.3. The normalized spacial score (nSPS) is 55.8. The van der Waals surface area contributed by atoms with Crippen LogP contribution in [0.25, 0.3) is 0 Å². The van der Waals surface area contributed by atoms with E-state index in [9.17, 15) is 4.79 Å². The summed E-state index contributed by atoms with van der Waals surface area (Å²) >= 11 is 0. The minimum atomic E-state index is -0.0481. The van der Waals surface area contributed by atoms with E-state index in [1.165, 1.54) is 0 Å². The highest BCUT2D eigenvalue weighted by Gasteiger charge is 2.73. The minimum absolute atomic E-state index is 0.0481. The second kappa shape index (κ2) is 2.83. The Morgan fingerprint density at radius 3 is 2.94 bits per heavy atom. The molecular weight excluding hydrogens is 216 g/mol. The molecule has 0 aromatic carbocycles. The highest BCUT2D eigenvalue weighted by molar-refractivity contribution is 5.96. The third kappa shape index (κ3) is 1.03. The molecule has 1 spiro atoms. The molecule has 2 aliphatic heterocycles. The Morgan fingerprint density at radius 1 is 1.47 bits per heavy atom. The molecule has 2 bridgehead atoms. The Balaban J connectivity index is 1.80. The summed E-state index contributed by atoms with van der Waals surface area (Å²) in [5.41, 5.74) is 0.975. The van der Waals surface area contributed by atoms with Crippen LogP contribution >= 0.6 is 0 Å². The molecule has 92 valence electrons. The number of carbonyl (C=O) groups excluding carboxylic acids is 1. The monoisotopic (exact) mass is 234 g/mol. The van der Waals surface area contributed by atoms with Crippen molar-refractivity contribution in [2.75, 3.05) is 6.61 Å². The Labute approximate surface area is 101 Å². The van der Waals surface area contributed by atoms with E-state index in [4.69, 9.17) is 9.47 Å². The molecule has 0 aromatic rings. The van der Waals surface area contributed by atoms with Crippen LogP contribution in [0.5, 0.6) is 0 Å². The predicted molar refractivity (Wildman–Crippen MR) is 61.6 cm³/mol. The zero-order valence-corrected chi connectivity index (χ0v) is 10.4. The van der Waals surface area contributed by atoms with Gasteiger partial charge in [-0.05, 0) is 31.4 Å². The van der Waals surface area contributed by atoms with Crippen molar-refractivity contribution in [1.82, 2.24) is 0 Å². The SMILES string of the molecule is CC1=CC2OC3CCC(C)(C2CC1=O)C31CO1. The average Bonchev–Trinajstić information content (AvgIpc) is 3.03. The fourth-order valence-corrected chi connectivity index (χ4v) is 4.36. The van der Waals surface area contributed by atoms with Gasteiger partial charge in [0.1, 0.15) is 5.60 Å². The molecule has 4 aliphatic rings. The maximum atomic E-state index is 11.9. The average molecular weight is 234 g/mol. The van der Waals surface area contributed by atoms with Crippen LogP contribution in [-0.2, 0) is 14.3 Å². The number of ether oxygens (including phenoxy) is 2. The van der Waals surface area contributed by atoms with Gasteiger partial charge in [0.25, 0.3) is 0 Å². The van der Waals surface area contributed by atoms with Gasteiger partial charge in [-0.25, -0.2) is 0 Å². The summed E-state index contributed by atoms with van der Waals surface area (Å²) in [5.74, 6) is 0.608. The standard InChI is InChI=1S/C14H18O3/c1-8-5-11-9(6-10(8)15)13(2)4-3-12(17-11)14(13)7-16-14/h5,9,11-12H,3-4,6-7H2,1-2H3. The highest BCUT2D eigenvalue weighted by Crippen LogP contribution is 2.66. The van der Waals surface area contributed by atoms with Crippen molar-refractivity contribution in [3.63, 3.8) is 0 Å². The summed E-state index contributed by atoms with van der Waals surface area (Å²) in [6, 6.07) is 0. The van der Waals surface area contributed by atoms with Gasteiger partial charge in [-0.2, -0.15) is 0 Å². The molecule has 4 rings (SSSR count). The Bertz CT molecular complexity index is 435. The summed E-state index contributed by atoms with van der Waals surface area (Å²) in [6.07, 6.45) is 5.30. The molecule has 3 nitrogen and oxygen atoms in total. The third-order valence-corrected chi connectivity index (χ3v) is 5.66. The van der Waals surface area contributed by atoms with Gasteiger partial charge in [-0.3, -0.25) is 4.79 Å². The molecule has 17 heavy (non-hydrogen) atoms. The van der Waals surface area contributed by atoms with Crippen molar-refractivity contribution in [2.24, 2.45) is 11.3 Å². The van der Waals surface area contributed by atoms with Crippen molar-refractivity contribution < 1.29 is 14.3 Å². The molecule has 3 fully saturated rings. The van der Waals surface area contributed by atoms with Crippen LogP contribution in [0.3, 0.4) is 0 Å². The third-order valence-electron chi connectivity index (χ3n) is 5.66. The van der Waals surface area contributed by atoms with Crippen molar-refractivity contribution in [1.29, 1.82) is 0 Å². The Kier molecular flexibility index (Phi) is 1.71. The quantitative estimate of drug-likeness (QED) is 0.600. The number of carbonyl (C=O) groups is 1. The maximum absolute atomic E-state index is 11.9. The topological polar surface area (TPSA) is 38.8 Å². The molecule has 2 aliphatic carbocycles. The fraction of sp³-hybridized carbons (Fsp3) is 0.786. The minimum Gasteiger partial charge on any atom is -0.367 e. The van der Waals surface area contributed by atoms with Crippen molar-refractivity contribution in [2.45, 2.75) is 50.9 Å². The van der Waals surface area contributed by atoms with E-state index in [1.807, 2.05) is 13.0 Å². The van der Waals surface area contributed by atoms with Crippen LogP contribution < -0.4 is 0 Å². The molecule has 0 amide bonds. The maximum Gasteiger partial charge on any atom is 0.158 e. The predicted octanol–water partition coefficient (Wildman–Crippen LogP) is 1.86. The van der Waals surface area contributed by atoms with Crippen LogP contribution in [0.2, 0.25) is 0 Å². The number of rotatable bonds is 0. The lowest BCUT2D eigenvalue weighted by Crippen LogP contribution is -2.55. The number of Topliss-reactive ketones (excluding diaryl/α,β-unsaturated/α-hetero) is 1. The van der Waals surface area contributed by atoms with E-state index in [1.54, 1.807) is 0 Å². The van der Waals surface area contributed by atoms with Crippen LogP contribution in [0.15, 0.2) is 11.6 Å². The molecule has 3 heteroatoms. The van der Waals surface area contributed by atoms with Gasteiger partial charge >= 0.3 is 0 Å². The molecule has 5 atom stereocenters. The van der Waals surface area contributed by atoms with Gasteiger partial charge in [0.2, 0.25) is 0 Å². The van der Waals surface area contributed by atoms with Crippen LogP contribution in [-0.4, -0.2) is 30.2 Å². The molecular formula is C14H18O3. The number of hydrogen-bond acceptors (Lipinski definition) is 3. The summed E-state index contributed by atoms with van der Waals surface area (Å²) in [6.45, 7) is 5.04. The highest BCUT2D eigenvalue weighted by atomic mass is 16.6. The molecule has 5 unspecified atom stereocenters. The molecule has 2 heterocycles. The van der Waals surface area contributed by atoms with Crippen molar-refractivity contribution >= 4 is 5.78 Å². The lowest BCUT2D eigenvalue weighted by atomic mass is 9.62. The van der Waals surface area contributed by atoms with Crippen molar-refractivity contribution in [3.8, 4) is 0 Å². The van der Waals surface area contributed by atoms with E-state index in [0.717, 1.165) is 25.0 Å². The lowest BCUT2D eigenvalue weighted by Gasteiger charge is -2.48.